The van der Waals surface area contributed by atoms with Gasteiger partial charge in [-0.1, -0.05) is 11.6 Å². The second-order valence-corrected chi connectivity index (χ2v) is 8.22. The van der Waals surface area contributed by atoms with Gasteiger partial charge in [0.05, 0.1) is 4.90 Å². The Hall–Kier alpha value is -1.68. The molecule has 8 nitrogen and oxygen atoms in total. The van der Waals surface area contributed by atoms with Gasteiger partial charge in [-0.3, -0.25) is 10.1 Å². The second kappa shape index (κ2) is 9.31. The number of hydrogen-bond acceptors (Lipinski definition) is 5. The lowest BCUT2D eigenvalue weighted by Crippen LogP contribution is -2.45. The molecule has 1 saturated heterocycles. The summed E-state index contributed by atoms with van der Waals surface area (Å²) in [6, 6.07) is 5.37. The highest BCUT2D eigenvalue weighted by Crippen LogP contribution is 2.17. The number of carbonyl (C=O) groups excluding carboxylic acids is 2. The van der Waals surface area contributed by atoms with Gasteiger partial charge in [-0.25, -0.2) is 17.9 Å². The number of halogens is 1. The van der Waals surface area contributed by atoms with Gasteiger partial charge in [-0.2, -0.15) is 0 Å². The van der Waals surface area contributed by atoms with Crippen LogP contribution in [0, 0.1) is 0 Å². The van der Waals surface area contributed by atoms with Crippen molar-refractivity contribution < 1.29 is 18.0 Å². The van der Waals surface area contributed by atoms with Gasteiger partial charge in [0.15, 0.2) is 0 Å². The van der Waals surface area contributed by atoms with Crippen molar-refractivity contribution in [2.24, 2.45) is 0 Å². The first-order valence-corrected chi connectivity index (χ1v) is 10.2. The van der Waals surface area contributed by atoms with E-state index in [1.165, 1.54) is 19.2 Å². The quantitative estimate of drug-likeness (QED) is 0.656. The molecule has 0 atom stereocenters. The summed E-state index contributed by atoms with van der Waals surface area (Å²) >= 11 is 5.79. The number of sulfonamides is 1. The molecule has 0 spiro atoms. The summed E-state index contributed by atoms with van der Waals surface area (Å²) in [6.45, 7) is 1.89. The largest absolute Gasteiger partial charge is 0.341 e. The van der Waals surface area contributed by atoms with Crippen LogP contribution in [-0.4, -0.2) is 58.0 Å². The Bertz CT molecular complexity index is 731. The molecule has 0 unspecified atom stereocenters. The maximum atomic E-state index is 12.4. The lowest BCUT2D eigenvalue weighted by atomic mass is 10.1. The number of hydrogen-bond donors (Lipinski definition) is 3. The smallest absolute Gasteiger partial charge is 0.321 e. The van der Waals surface area contributed by atoms with E-state index in [-0.39, 0.29) is 23.3 Å². The maximum absolute atomic E-state index is 12.4. The Morgan fingerprint density at radius 3 is 2.38 bits per heavy atom. The van der Waals surface area contributed by atoms with E-state index in [2.05, 4.69) is 20.3 Å². The van der Waals surface area contributed by atoms with Gasteiger partial charge < -0.3 is 10.2 Å². The van der Waals surface area contributed by atoms with Crippen LogP contribution in [0.4, 0.5) is 4.79 Å². The van der Waals surface area contributed by atoms with Crippen LogP contribution in [0.1, 0.15) is 19.3 Å². The van der Waals surface area contributed by atoms with Gasteiger partial charge in [0.25, 0.3) is 0 Å². The third-order valence-electron chi connectivity index (χ3n) is 4.17. The molecule has 1 aromatic carbocycles. The highest BCUT2D eigenvalue weighted by molar-refractivity contribution is 7.89. The fourth-order valence-electron chi connectivity index (χ4n) is 2.69. The molecule has 1 aliphatic rings. The molecule has 1 fully saturated rings. The van der Waals surface area contributed by atoms with Crippen LogP contribution in [-0.2, 0) is 14.8 Å². The predicted octanol–water partition coefficient (Wildman–Crippen LogP) is 0.928. The lowest BCUT2D eigenvalue weighted by molar-refractivity contribution is -0.120. The Kier molecular flexibility index (Phi) is 7.39. The minimum atomic E-state index is -3.57. The minimum absolute atomic E-state index is 0.147. The summed E-state index contributed by atoms with van der Waals surface area (Å²) in [5.41, 5.74) is 0. The first kappa shape index (κ1) is 20.6. The Balaban J connectivity index is 1.77. The van der Waals surface area contributed by atoms with Gasteiger partial charge in [0.1, 0.15) is 0 Å². The molecule has 10 heteroatoms. The van der Waals surface area contributed by atoms with Gasteiger partial charge in [-0.05, 0) is 50.2 Å². The zero-order chi connectivity index (χ0) is 19.2. The third-order valence-corrected chi connectivity index (χ3v) is 5.96. The molecule has 26 heavy (non-hydrogen) atoms. The zero-order valence-electron chi connectivity index (χ0n) is 14.5. The molecule has 1 aromatic rings. The Morgan fingerprint density at radius 1 is 1.19 bits per heavy atom. The lowest BCUT2D eigenvalue weighted by Gasteiger charge is -2.32. The van der Waals surface area contributed by atoms with E-state index in [0.29, 0.717) is 37.5 Å². The number of nitrogens with one attached hydrogen (secondary N) is 3. The van der Waals surface area contributed by atoms with Crippen LogP contribution in [0.5, 0.6) is 0 Å². The summed E-state index contributed by atoms with van der Waals surface area (Å²) in [5.74, 6) is -0.338. The summed E-state index contributed by atoms with van der Waals surface area (Å²) in [7, 11) is -2.13. The van der Waals surface area contributed by atoms with Crippen molar-refractivity contribution in [2.45, 2.75) is 30.2 Å². The fourth-order valence-corrected chi connectivity index (χ4v) is 4.12. The molecule has 2 rings (SSSR count). The van der Waals surface area contributed by atoms with Crippen molar-refractivity contribution in [1.82, 2.24) is 20.3 Å². The number of rotatable bonds is 6. The van der Waals surface area contributed by atoms with E-state index < -0.39 is 16.1 Å². The molecule has 3 amide bonds. The molecule has 1 aliphatic heterocycles. The van der Waals surface area contributed by atoms with E-state index in [1.54, 1.807) is 12.1 Å². The monoisotopic (exact) mass is 402 g/mol. The number of carbonyl (C=O) groups is 2. The maximum Gasteiger partial charge on any atom is 0.321 e. The zero-order valence-corrected chi connectivity index (χ0v) is 16.1. The predicted molar refractivity (Wildman–Crippen MR) is 98.5 cm³/mol. The molecular weight excluding hydrogens is 380 g/mol. The van der Waals surface area contributed by atoms with E-state index in [9.17, 15) is 18.0 Å². The first-order chi connectivity index (χ1) is 12.3. The standard InChI is InChI=1S/C16H23ClN4O4S/c1-18-16(23)19-15(22)8-11-21-9-6-13(7-10-21)20-26(24,25)14-4-2-12(17)3-5-14/h2-5,13,20H,6-11H2,1H3,(H2,18,19,22,23). The summed E-state index contributed by atoms with van der Waals surface area (Å²) in [4.78, 5) is 24.9. The molecule has 0 saturated carbocycles. The molecular formula is C16H23ClN4O4S. The van der Waals surface area contributed by atoms with Crippen molar-refractivity contribution in [3.8, 4) is 0 Å². The number of piperidine rings is 1. The fraction of sp³-hybridized carbons (Fsp3) is 0.500. The van der Waals surface area contributed by atoms with Crippen LogP contribution < -0.4 is 15.4 Å². The Morgan fingerprint density at radius 2 is 1.81 bits per heavy atom. The summed E-state index contributed by atoms with van der Waals surface area (Å²) in [5, 5.41) is 5.02. The highest BCUT2D eigenvalue weighted by atomic mass is 35.5. The van der Waals surface area contributed by atoms with Crippen molar-refractivity contribution >= 4 is 33.6 Å². The van der Waals surface area contributed by atoms with Crippen molar-refractivity contribution in [3.63, 3.8) is 0 Å². The summed E-state index contributed by atoms with van der Waals surface area (Å²) in [6.07, 6.45) is 1.53. The van der Waals surface area contributed by atoms with Crippen molar-refractivity contribution in [1.29, 1.82) is 0 Å². The van der Waals surface area contributed by atoms with Crippen LogP contribution in [0.3, 0.4) is 0 Å². The van der Waals surface area contributed by atoms with Crippen LogP contribution in [0.25, 0.3) is 0 Å². The van der Waals surface area contributed by atoms with Crippen molar-refractivity contribution in [3.05, 3.63) is 29.3 Å². The van der Waals surface area contributed by atoms with E-state index in [4.69, 9.17) is 11.6 Å². The van der Waals surface area contributed by atoms with E-state index in [1.807, 2.05) is 0 Å². The summed E-state index contributed by atoms with van der Waals surface area (Å²) < 4.78 is 27.5. The van der Waals surface area contributed by atoms with Gasteiger partial charge in [-0.15, -0.1) is 0 Å². The number of benzene rings is 1. The number of urea groups is 1. The van der Waals surface area contributed by atoms with E-state index in [0.717, 1.165) is 0 Å². The SMILES string of the molecule is CNC(=O)NC(=O)CCN1CCC(NS(=O)(=O)c2ccc(Cl)cc2)CC1. The average Bonchev–Trinajstić information content (AvgIpc) is 2.61. The molecule has 1 heterocycles. The number of amides is 3. The molecule has 0 aromatic heterocycles. The van der Waals surface area contributed by atoms with Crippen LogP contribution in [0.15, 0.2) is 29.2 Å². The molecule has 144 valence electrons. The number of imide groups is 1. The second-order valence-electron chi connectivity index (χ2n) is 6.07. The number of likely N-dealkylation sites (tertiary alicyclic amines) is 1. The highest BCUT2D eigenvalue weighted by Gasteiger charge is 2.24. The average molecular weight is 403 g/mol. The number of nitrogens with zero attached hydrogens (tertiary/aromatic N) is 1. The molecule has 3 N–H and O–H groups in total. The minimum Gasteiger partial charge on any atom is -0.341 e. The van der Waals surface area contributed by atoms with E-state index >= 15 is 0 Å². The van der Waals surface area contributed by atoms with Gasteiger partial charge >= 0.3 is 6.03 Å². The van der Waals surface area contributed by atoms with Crippen LogP contribution in [0.2, 0.25) is 5.02 Å². The third kappa shape index (κ3) is 6.24. The molecule has 0 radical (unpaired) electrons. The molecule has 0 bridgehead atoms. The molecule has 0 aliphatic carbocycles. The normalized spacial score (nSPS) is 16.2. The van der Waals surface area contributed by atoms with Gasteiger partial charge in [0, 0.05) is 31.1 Å². The first-order valence-electron chi connectivity index (χ1n) is 8.32. The van der Waals surface area contributed by atoms with Gasteiger partial charge in [0.2, 0.25) is 15.9 Å². The topological polar surface area (TPSA) is 108 Å². The Labute approximate surface area is 158 Å². The van der Waals surface area contributed by atoms with Crippen molar-refractivity contribution in [2.75, 3.05) is 26.7 Å². The van der Waals surface area contributed by atoms with Crippen LogP contribution >= 0.6 is 11.6 Å².